The number of nitrogens with zero attached hydrogens (tertiary/aromatic N) is 2. The van der Waals surface area contributed by atoms with E-state index < -0.39 is 0 Å². The number of aromatic nitrogens is 2. The molecule has 5 heteroatoms. The Morgan fingerprint density at radius 2 is 2.12 bits per heavy atom. The highest BCUT2D eigenvalue weighted by molar-refractivity contribution is 4.81. The van der Waals surface area contributed by atoms with Crippen LogP contribution in [0.5, 0.6) is 0 Å². The van der Waals surface area contributed by atoms with Gasteiger partial charge in [-0.05, 0) is 39.7 Å². The molecule has 0 unspecified atom stereocenters. The van der Waals surface area contributed by atoms with Gasteiger partial charge in [0.25, 0.3) is 5.89 Å². The SMILES string of the molecule is CNC1CCC(OCc2nc(C)no2)CC1. The van der Waals surface area contributed by atoms with Gasteiger partial charge in [0, 0.05) is 6.04 Å². The molecule has 16 heavy (non-hydrogen) atoms. The molecule has 5 nitrogen and oxygen atoms in total. The van der Waals surface area contributed by atoms with Crippen LogP contribution >= 0.6 is 0 Å². The molecule has 1 aromatic rings. The predicted molar refractivity (Wildman–Crippen MR) is 58.9 cm³/mol. The highest BCUT2D eigenvalue weighted by atomic mass is 16.5. The molecular weight excluding hydrogens is 206 g/mol. The van der Waals surface area contributed by atoms with E-state index in [1.165, 1.54) is 12.8 Å². The third-order valence-corrected chi connectivity index (χ3v) is 3.09. The molecule has 1 saturated carbocycles. The molecule has 90 valence electrons. The fraction of sp³-hybridized carbons (Fsp3) is 0.818. The minimum atomic E-state index is 0.344. The second-order valence-corrected chi connectivity index (χ2v) is 4.31. The Morgan fingerprint density at radius 1 is 1.38 bits per heavy atom. The van der Waals surface area contributed by atoms with Crippen molar-refractivity contribution in [1.29, 1.82) is 0 Å². The van der Waals surface area contributed by atoms with Crippen molar-refractivity contribution in [3.63, 3.8) is 0 Å². The van der Waals surface area contributed by atoms with Crippen LogP contribution in [0.1, 0.15) is 37.4 Å². The fourth-order valence-electron chi connectivity index (χ4n) is 2.11. The Labute approximate surface area is 95.6 Å². The molecule has 1 aliphatic carbocycles. The van der Waals surface area contributed by atoms with Crippen LogP contribution < -0.4 is 5.32 Å². The molecule has 2 rings (SSSR count). The summed E-state index contributed by atoms with van der Waals surface area (Å²) in [4.78, 5) is 4.11. The zero-order chi connectivity index (χ0) is 11.4. The van der Waals surface area contributed by atoms with Crippen molar-refractivity contribution in [2.75, 3.05) is 7.05 Å². The number of nitrogens with one attached hydrogen (secondary N) is 1. The maximum atomic E-state index is 5.75. The van der Waals surface area contributed by atoms with Gasteiger partial charge >= 0.3 is 0 Å². The van der Waals surface area contributed by atoms with Crippen LogP contribution in [-0.4, -0.2) is 29.3 Å². The summed E-state index contributed by atoms with van der Waals surface area (Å²) in [5.41, 5.74) is 0. The van der Waals surface area contributed by atoms with E-state index in [0.717, 1.165) is 12.8 Å². The Kier molecular flexibility index (Phi) is 3.90. The van der Waals surface area contributed by atoms with Crippen molar-refractivity contribution in [1.82, 2.24) is 15.5 Å². The molecular formula is C11H19N3O2. The lowest BCUT2D eigenvalue weighted by Crippen LogP contribution is -2.32. The summed E-state index contributed by atoms with van der Waals surface area (Å²) < 4.78 is 10.8. The number of rotatable bonds is 4. The molecule has 1 fully saturated rings. The summed E-state index contributed by atoms with van der Waals surface area (Å²) in [6.07, 6.45) is 4.93. The van der Waals surface area contributed by atoms with E-state index in [9.17, 15) is 0 Å². The van der Waals surface area contributed by atoms with Crippen molar-refractivity contribution in [2.24, 2.45) is 0 Å². The van der Waals surface area contributed by atoms with E-state index in [2.05, 4.69) is 15.5 Å². The smallest absolute Gasteiger partial charge is 0.252 e. The average Bonchev–Trinajstić information content (AvgIpc) is 2.73. The summed E-state index contributed by atoms with van der Waals surface area (Å²) in [6.45, 7) is 2.25. The molecule has 0 bridgehead atoms. The highest BCUT2D eigenvalue weighted by Crippen LogP contribution is 2.21. The van der Waals surface area contributed by atoms with Gasteiger partial charge in [-0.2, -0.15) is 4.98 Å². The summed E-state index contributed by atoms with van der Waals surface area (Å²) >= 11 is 0. The molecule has 1 aliphatic rings. The van der Waals surface area contributed by atoms with Crippen molar-refractivity contribution in [3.8, 4) is 0 Å². The zero-order valence-corrected chi connectivity index (χ0v) is 9.90. The van der Waals surface area contributed by atoms with Gasteiger partial charge in [0.1, 0.15) is 6.61 Å². The largest absolute Gasteiger partial charge is 0.368 e. The van der Waals surface area contributed by atoms with E-state index in [1.807, 2.05) is 14.0 Å². The van der Waals surface area contributed by atoms with Crippen molar-refractivity contribution < 1.29 is 9.26 Å². The van der Waals surface area contributed by atoms with Crippen LogP contribution in [0.3, 0.4) is 0 Å². The topological polar surface area (TPSA) is 60.2 Å². The summed E-state index contributed by atoms with van der Waals surface area (Å²) in [5, 5.41) is 7.03. The molecule has 1 heterocycles. The Balaban J connectivity index is 1.71. The van der Waals surface area contributed by atoms with E-state index in [4.69, 9.17) is 9.26 Å². The Morgan fingerprint density at radius 3 is 2.69 bits per heavy atom. The van der Waals surface area contributed by atoms with Crippen LogP contribution in [0.15, 0.2) is 4.52 Å². The summed E-state index contributed by atoms with van der Waals surface area (Å²) in [6, 6.07) is 0.658. The summed E-state index contributed by atoms with van der Waals surface area (Å²) in [5.74, 6) is 1.24. The summed E-state index contributed by atoms with van der Waals surface area (Å²) in [7, 11) is 2.02. The zero-order valence-electron chi connectivity index (χ0n) is 9.90. The lowest BCUT2D eigenvalue weighted by molar-refractivity contribution is 0.000207. The van der Waals surface area contributed by atoms with Crippen molar-refractivity contribution in [2.45, 2.75) is 51.4 Å². The van der Waals surface area contributed by atoms with Gasteiger partial charge in [-0.3, -0.25) is 0 Å². The maximum absolute atomic E-state index is 5.75. The third-order valence-electron chi connectivity index (χ3n) is 3.09. The van der Waals surface area contributed by atoms with Crippen LogP contribution in [0.2, 0.25) is 0 Å². The lowest BCUT2D eigenvalue weighted by Gasteiger charge is -2.27. The highest BCUT2D eigenvalue weighted by Gasteiger charge is 2.20. The molecule has 0 aliphatic heterocycles. The Hall–Kier alpha value is -0.940. The lowest BCUT2D eigenvalue weighted by atomic mass is 9.93. The number of ether oxygens (including phenoxy) is 1. The van der Waals surface area contributed by atoms with Crippen LogP contribution in [-0.2, 0) is 11.3 Å². The second-order valence-electron chi connectivity index (χ2n) is 4.31. The van der Waals surface area contributed by atoms with Crippen molar-refractivity contribution in [3.05, 3.63) is 11.7 Å². The van der Waals surface area contributed by atoms with E-state index >= 15 is 0 Å². The van der Waals surface area contributed by atoms with Crippen molar-refractivity contribution >= 4 is 0 Å². The number of aryl methyl sites for hydroxylation is 1. The first-order chi connectivity index (χ1) is 7.78. The van der Waals surface area contributed by atoms with Gasteiger partial charge in [0.2, 0.25) is 0 Å². The number of hydrogen-bond donors (Lipinski definition) is 1. The maximum Gasteiger partial charge on any atom is 0.252 e. The predicted octanol–water partition coefficient (Wildman–Crippen LogP) is 1.43. The standard InChI is InChI=1S/C11H19N3O2/c1-8-13-11(16-14-8)7-15-10-5-3-9(12-2)4-6-10/h9-10,12H,3-7H2,1-2H3. The number of hydrogen-bond acceptors (Lipinski definition) is 5. The molecule has 1 aromatic heterocycles. The van der Waals surface area contributed by atoms with Gasteiger partial charge in [-0.15, -0.1) is 0 Å². The van der Waals surface area contributed by atoms with Gasteiger partial charge in [-0.1, -0.05) is 5.16 Å². The van der Waals surface area contributed by atoms with Crippen LogP contribution in [0.25, 0.3) is 0 Å². The third kappa shape index (κ3) is 3.02. The molecule has 0 saturated heterocycles. The van der Waals surface area contributed by atoms with E-state index in [-0.39, 0.29) is 0 Å². The monoisotopic (exact) mass is 225 g/mol. The quantitative estimate of drug-likeness (QED) is 0.839. The normalized spacial score (nSPS) is 25.9. The van der Waals surface area contributed by atoms with Crippen LogP contribution in [0.4, 0.5) is 0 Å². The van der Waals surface area contributed by atoms with Gasteiger partial charge in [-0.25, -0.2) is 0 Å². The van der Waals surface area contributed by atoms with E-state index in [0.29, 0.717) is 30.5 Å². The molecule has 0 spiro atoms. The van der Waals surface area contributed by atoms with Crippen LogP contribution in [0, 0.1) is 6.92 Å². The fourth-order valence-corrected chi connectivity index (χ4v) is 2.11. The molecule has 1 N–H and O–H groups in total. The van der Waals surface area contributed by atoms with Gasteiger partial charge < -0.3 is 14.6 Å². The van der Waals surface area contributed by atoms with Gasteiger partial charge in [0.05, 0.1) is 6.10 Å². The minimum absolute atomic E-state index is 0.344. The van der Waals surface area contributed by atoms with Gasteiger partial charge in [0.15, 0.2) is 5.82 Å². The molecule has 0 amide bonds. The first-order valence-electron chi connectivity index (χ1n) is 5.86. The first kappa shape index (κ1) is 11.5. The average molecular weight is 225 g/mol. The molecule has 0 aromatic carbocycles. The Bertz CT molecular complexity index is 319. The second kappa shape index (κ2) is 5.41. The first-order valence-corrected chi connectivity index (χ1v) is 5.86. The molecule has 0 atom stereocenters. The van der Waals surface area contributed by atoms with E-state index in [1.54, 1.807) is 0 Å². The minimum Gasteiger partial charge on any atom is -0.368 e. The molecule has 0 radical (unpaired) electrons.